The Morgan fingerprint density at radius 3 is 2.48 bits per heavy atom. The molecule has 2 aromatic rings. The summed E-state index contributed by atoms with van der Waals surface area (Å²) in [7, 11) is 0. The van der Waals surface area contributed by atoms with Gasteiger partial charge in [-0.1, -0.05) is 41.5 Å². The molecule has 0 bridgehead atoms. The number of hydrogen-bond acceptors (Lipinski definition) is 8. The summed E-state index contributed by atoms with van der Waals surface area (Å²) in [5, 5.41) is 51.7. The second-order valence-electron chi connectivity index (χ2n) is 11.4. The minimum absolute atomic E-state index is 0.120. The molecule has 2 aromatic carbocycles. The number of phenolic OH excluding ortho intramolecular Hbond substituents is 1. The van der Waals surface area contributed by atoms with E-state index in [0.717, 1.165) is 31.2 Å². The third-order valence-electron chi connectivity index (χ3n) is 7.48. The van der Waals surface area contributed by atoms with Gasteiger partial charge in [-0.25, -0.2) is 0 Å². The van der Waals surface area contributed by atoms with Crippen LogP contribution in [0.1, 0.15) is 68.9 Å². The van der Waals surface area contributed by atoms with Gasteiger partial charge in [0.05, 0.1) is 19.3 Å². The van der Waals surface area contributed by atoms with Crippen molar-refractivity contribution in [1.29, 1.82) is 0 Å². The Hall–Kier alpha value is -2.88. The summed E-state index contributed by atoms with van der Waals surface area (Å²) in [5.74, 6) is 0.399. The van der Waals surface area contributed by atoms with Crippen LogP contribution in [0.25, 0.3) is 0 Å². The van der Waals surface area contributed by atoms with E-state index in [9.17, 15) is 25.5 Å². The van der Waals surface area contributed by atoms with E-state index in [1.54, 1.807) is 0 Å². The molecule has 0 aliphatic carbocycles. The van der Waals surface area contributed by atoms with Crippen LogP contribution in [0.5, 0.6) is 17.2 Å². The first-order valence-corrected chi connectivity index (χ1v) is 13.9. The van der Waals surface area contributed by atoms with Gasteiger partial charge in [0.1, 0.15) is 35.1 Å². The van der Waals surface area contributed by atoms with E-state index < -0.39 is 36.8 Å². The van der Waals surface area contributed by atoms with Crippen molar-refractivity contribution in [2.45, 2.75) is 90.0 Å². The monoisotopic (exact) mass is 554 g/mol. The molecule has 5 atom stereocenters. The molecular weight excluding hydrogens is 512 g/mol. The summed E-state index contributed by atoms with van der Waals surface area (Å²) < 4.78 is 17.4. The largest absolute Gasteiger partial charge is 0.508 e. The van der Waals surface area contributed by atoms with Gasteiger partial charge in [-0.2, -0.15) is 0 Å². The first-order valence-electron chi connectivity index (χ1n) is 13.9. The Morgan fingerprint density at radius 1 is 1.05 bits per heavy atom. The quantitative estimate of drug-likeness (QED) is 0.220. The highest BCUT2D eigenvalue weighted by Crippen LogP contribution is 2.43. The van der Waals surface area contributed by atoms with Gasteiger partial charge in [-0.3, -0.25) is 0 Å². The number of benzene rings is 2. The Bertz CT molecular complexity index is 1240. The van der Waals surface area contributed by atoms with Crippen molar-refractivity contribution < 1.29 is 39.7 Å². The fraction of sp³-hybridized carbons (Fsp3) is 0.500. The number of phenols is 1. The van der Waals surface area contributed by atoms with Crippen LogP contribution in [0.2, 0.25) is 0 Å². The first kappa shape index (κ1) is 30.1. The number of fused-ring (bicyclic) bond motifs is 1. The standard InChI is InChI=1S/C32H42O8/c1-19(2)7-5-6-8-22-13-23(12-11-21(22)10-9-20(3)4)29-26(35)16-25-27(39-29)14-24(34)15-28(25)40-31-30(36)32(37,17-33)18-38-31/h7,9,11-15,26,29-31,33-37H,5-6,8,10,16-18H2,1-4H3/t26-,29-,30+,31+,32-/m1/s1. The summed E-state index contributed by atoms with van der Waals surface area (Å²) in [4.78, 5) is 0. The summed E-state index contributed by atoms with van der Waals surface area (Å²) in [6, 6.07) is 9.04. The van der Waals surface area contributed by atoms with Gasteiger partial charge < -0.3 is 39.7 Å². The van der Waals surface area contributed by atoms with E-state index in [-0.39, 0.29) is 24.5 Å². The van der Waals surface area contributed by atoms with Gasteiger partial charge in [0.15, 0.2) is 0 Å². The molecule has 0 radical (unpaired) electrons. The lowest BCUT2D eigenvalue weighted by Gasteiger charge is -2.33. The maximum Gasteiger partial charge on any atom is 0.229 e. The third kappa shape index (κ3) is 6.87. The molecule has 5 N–H and O–H groups in total. The van der Waals surface area contributed by atoms with Crippen LogP contribution < -0.4 is 9.47 Å². The molecule has 4 rings (SSSR count). The average Bonchev–Trinajstić information content (AvgIpc) is 3.19. The average molecular weight is 555 g/mol. The van der Waals surface area contributed by atoms with Crippen molar-refractivity contribution in [3.63, 3.8) is 0 Å². The Kier molecular flexibility index (Phi) is 9.59. The van der Waals surface area contributed by atoms with Crippen LogP contribution >= 0.6 is 0 Å². The molecule has 0 amide bonds. The molecule has 8 nitrogen and oxygen atoms in total. The molecular formula is C32H42O8. The van der Waals surface area contributed by atoms with E-state index in [1.807, 2.05) is 6.07 Å². The molecule has 0 aromatic heterocycles. The highest BCUT2D eigenvalue weighted by molar-refractivity contribution is 5.52. The van der Waals surface area contributed by atoms with Crippen LogP contribution in [-0.2, 0) is 24.0 Å². The summed E-state index contributed by atoms with van der Waals surface area (Å²) in [6.07, 6.45) is 4.09. The fourth-order valence-electron chi connectivity index (χ4n) is 5.11. The van der Waals surface area contributed by atoms with Gasteiger partial charge in [0.2, 0.25) is 6.29 Å². The van der Waals surface area contributed by atoms with Crippen LogP contribution in [0.15, 0.2) is 53.6 Å². The lowest BCUT2D eigenvalue weighted by molar-refractivity contribution is -0.116. The molecule has 0 unspecified atom stereocenters. The predicted molar refractivity (Wildman–Crippen MR) is 152 cm³/mol. The van der Waals surface area contributed by atoms with Crippen LogP contribution in [0.4, 0.5) is 0 Å². The molecule has 2 aliphatic rings. The van der Waals surface area contributed by atoms with Gasteiger partial charge in [0.25, 0.3) is 0 Å². The van der Waals surface area contributed by atoms with Crippen molar-refractivity contribution in [3.05, 3.63) is 75.9 Å². The fourth-order valence-corrected chi connectivity index (χ4v) is 5.11. The molecule has 8 heteroatoms. The number of aromatic hydroxyl groups is 1. The zero-order valence-electron chi connectivity index (χ0n) is 23.8. The van der Waals surface area contributed by atoms with E-state index in [2.05, 4.69) is 52.0 Å². The number of ether oxygens (including phenoxy) is 3. The third-order valence-corrected chi connectivity index (χ3v) is 7.48. The van der Waals surface area contributed by atoms with Gasteiger partial charge in [-0.05, 0) is 70.1 Å². The Labute approximate surface area is 236 Å². The van der Waals surface area contributed by atoms with Crippen molar-refractivity contribution in [1.82, 2.24) is 0 Å². The SMILES string of the molecule is CC(C)=CCCCc1cc([C@H]2Oc3cc(O)cc(O[C@@H]4OC[C@](O)(CO)[C@H]4O)c3C[C@H]2O)ccc1CC=C(C)C. The van der Waals surface area contributed by atoms with E-state index in [1.165, 1.54) is 34.4 Å². The van der Waals surface area contributed by atoms with Gasteiger partial charge >= 0.3 is 0 Å². The Morgan fingerprint density at radius 2 is 1.80 bits per heavy atom. The van der Waals surface area contributed by atoms with E-state index in [0.29, 0.717) is 11.3 Å². The van der Waals surface area contributed by atoms with Crippen LogP contribution in [0.3, 0.4) is 0 Å². The van der Waals surface area contributed by atoms with E-state index >= 15 is 0 Å². The number of aliphatic hydroxyl groups is 4. The molecule has 0 spiro atoms. The molecule has 1 fully saturated rings. The molecule has 218 valence electrons. The minimum atomic E-state index is -1.84. The van der Waals surface area contributed by atoms with E-state index in [4.69, 9.17) is 14.2 Å². The lowest BCUT2D eigenvalue weighted by Crippen LogP contribution is -2.48. The van der Waals surface area contributed by atoms with Gasteiger partial charge in [0, 0.05) is 24.1 Å². The Balaban J connectivity index is 1.58. The summed E-state index contributed by atoms with van der Waals surface area (Å²) in [6.45, 7) is 7.38. The molecule has 2 heterocycles. The summed E-state index contributed by atoms with van der Waals surface area (Å²) in [5.41, 5.74) is 4.56. The normalized spacial score (nSPS) is 25.6. The smallest absolute Gasteiger partial charge is 0.229 e. The number of unbranched alkanes of at least 4 members (excludes halogenated alkanes) is 1. The van der Waals surface area contributed by atoms with Crippen molar-refractivity contribution >= 4 is 0 Å². The second kappa shape index (κ2) is 12.7. The highest BCUT2D eigenvalue weighted by Gasteiger charge is 2.49. The molecule has 0 saturated carbocycles. The first-order chi connectivity index (χ1) is 19.0. The molecule has 1 saturated heterocycles. The van der Waals surface area contributed by atoms with Gasteiger partial charge in [-0.15, -0.1) is 0 Å². The summed E-state index contributed by atoms with van der Waals surface area (Å²) >= 11 is 0. The van der Waals surface area contributed by atoms with Crippen LogP contribution in [0, 0.1) is 0 Å². The number of allylic oxidation sites excluding steroid dienone is 4. The van der Waals surface area contributed by atoms with Crippen LogP contribution in [-0.4, -0.2) is 62.8 Å². The number of aryl methyl sites for hydroxylation is 1. The zero-order valence-corrected chi connectivity index (χ0v) is 23.8. The predicted octanol–water partition coefficient (Wildman–Crippen LogP) is 4.05. The van der Waals surface area contributed by atoms with Crippen molar-refractivity contribution in [2.24, 2.45) is 0 Å². The maximum absolute atomic E-state index is 11.2. The number of rotatable bonds is 10. The topological polar surface area (TPSA) is 129 Å². The van der Waals surface area contributed by atoms with Crippen molar-refractivity contribution in [3.8, 4) is 17.2 Å². The highest BCUT2D eigenvalue weighted by atomic mass is 16.7. The lowest BCUT2D eigenvalue weighted by atomic mass is 9.90. The minimum Gasteiger partial charge on any atom is -0.508 e. The zero-order chi connectivity index (χ0) is 29.0. The van der Waals surface area contributed by atoms with Crippen molar-refractivity contribution in [2.75, 3.05) is 13.2 Å². The molecule has 2 aliphatic heterocycles. The number of hydrogen-bond donors (Lipinski definition) is 5. The second-order valence-corrected chi connectivity index (χ2v) is 11.4. The molecule has 40 heavy (non-hydrogen) atoms. The maximum atomic E-state index is 11.2. The number of aliphatic hydroxyl groups excluding tert-OH is 3.